The second-order valence-corrected chi connectivity index (χ2v) is 6.64. The summed E-state index contributed by atoms with van der Waals surface area (Å²) >= 11 is 5.00. The van der Waals surface area contributed by atoms with Gasteiger partial charge in [-0.15, -0.1) is 0 Å². The van der Waals surface area contributed by atoms with Gasteiger partial charge in [0.2, 0.25) is 11.8 Å². The van der Waals surface area contributed by atoms with E-state index in [-0.39, 0.29) is 34.3 Å². The van der Waals surface area contributed by atoms with Gasteiger partial charge in [-0.2, -0.15) is 5.10 Å². The third-order valence-corrected chi connectivity index (χ3v) is 4.99. The summed E-state index contributed by atoms with van der Waals surface area (Å²) in [7, 11) is 4.59. The van der Waals surface area contributed by atoms with Gasteiger partial charge in [-0.05, 0) is 24.4 Å². The van der Waals surface area contributed by atoms with Gasteiger partial charge in [-0.25, -0.2) is 5.01 Å². The van der Waals surface area contributed by atoms with E-state index in [1.807, 2.05) is 0 Å². The lowest BCUT2D eigenvalue weighted by molar-refractivity contribution is -0.130. The van der Waals surface area contributed by atoms with Crippen LogP contribution in [-0.4, -0.2) is 45.5 Å². The van der Waals surface area contributed by atoms with Crippen LogP contribution in [0.15, 0.2) is 28.1 Å². The molecule has 1 aromatic carbocycles. The molecule has 0 aliphatic carbocycles. The predicted molar refractivity (Wildman–Crippen MR) is 104 cm³/mol. The molecule has 1 aliphatic heterocycles. The lowest BCUT2D eigenvalue weighted by atomic mass is 9.98. The maximum Gasteiger partial charge on any atom is 0.264 e. The van der Waals surface area contributed by atoms with Gasteiger partial charge in [-0.3, -0.25) is 19.1 Å². The molecule has 1 aliphatic rings. The summed E-state index contributed by atoms with van der Waals surface area (Å²) in [5, 5.41) is 16.0. The Morgan fingerprint density at radius 2 is 2.07 bits per heavy atom. The van der Waals surface area contributed by atoms with E-state index < -0.39 is 11.6 Å². The summed E-state index contributed by atoms with van der Waals surface area (Å²) in [4.78, 5) is 27.1. The second-order valence-electron chi connectivity index (χ2n) is 6.25. The lowest BCUT2D eigenvalue weighted by Crippen LogP contribution is -2.24. The van der Waals surface area contributed by atoms with Gasteiger partial charge in [0, 0.05) is 32.0 Å². The first-order valence-corrected chi connectivity index (χ1v) is 8.81. The molecule has 1 atom stereocenters. The molecule has 1 aromatic heterocycles. The Morgan fingerprint density at radius 3 is 2.68 bits per heavy atom. The standard InChI is InChI=1S/C18H20N4O5S/c1-9(23)22-13(11-6-5-10(26-3)7-14(11)27-4)8-12(20-22)15-16(24)19-18(28)21(2)17(15)25/h5-7,13,25H,8H2,1-4H3,(H,19,24,28)/t13-/m0/s1. The highest BCUT2D eigenvalue weighted by Crippen LogP contribution is 2.39. The summed E-state index contributed by atoms with van der Waals surface area (Å²) in [6.45, 7) is 1.38. The number of ether oxygens (including phenoxy) is 2. The number of nitrogens with zero attached hydrogens (tertiary/aromatic N) is 3. The maximum absolute atomic E-state index is 12.4. The molecule has 0 spiro atoms. The van der Waals surface area contributed by atoms with Crippen LogP contribution < -0.4 is 15.0 Å². The Balaban J connectivity index is 2.11. The molecule has 1 amide bonds. The number of hydrogen-bond acceptors (Lipinski definition) is 7. The first kappa shape index (κ1) is 19.6. The smallest absolute Gasteiger partial charge is 0.264 e. The molecule has 0 bridgehead atoms. The Kier molecular flexibility index (Phi) is 5.23. The number of carbonyl (C=O) groups is 1. The van der Waals surface area contributed by atoms with Gasteiger partial charge >= 0.3 is 0 Å². The molecule has 2 N–H and O–H groups in total. The number of nitrogens with one attached hydrogen (secondary N) is 1. The SMILES string of the molecule is COc1ccc([C@@H]2CC(c3c(O)n(C)c(=S)[nH]c3=O)=NN2C(C)=O)c(OC)c1. The minimum absolute atomic E-state index is 0.0164. The fourth-order valence-electron chi connectivity index (χ4n) is 3.16. The third-order valence-electron chi connectivity index (χ3n) is 4.61. The molecule has 0 saturated heterocycles. The van der Waals surface area contributed by atoms with Crippen LogP contribution in [0.1, 0.15) is 30.5 Å². The summed E-state index contributed by atoms with van der Waals surface area (Å²) < 4.78 is 12.0. The molecule has 0 saturated carbocycles. The van der Waals surface area contributed by atoms with Crippen molar-refractivity contribution in [3.05, 3.63) is 44.5 Å². The number of aromatic hydroxyl groups is 1. The lowest BCUT2D eigenvalue weighted by Gasteiger charge is -2.22. The van der Waals surface area contributed by atoms with E-state index in [0.717, 1.165) is 0 Å². The molecule has 2 heterocycles. The molecule has 0 unspecified atom stereocenters. The number of amides is 1. The highest BCUT2D eigenvalue weighted by atomic mass is 32.1. The molecule has 0 fully saturated rings. The molecule has 9 nitrogen and oxygen atoms in total. The molecular formula is C18H20N4O5S. The van der Waals surface area contributed by atoms with Crippen molar-refractivity contribution >= 4 is 23.8 Å². The van der Waals surface area contributed by atoms with Crippen LogP contribution in [0.4, 0.5) is 0 Å². The summed E-state index contributed by atoms with van der Waals surface area (Å²) in [6.07, 6.45) is 0.218. The summed E-state index contributed by atoms with van der Waals surface area (Å²) in [5.74, 6) is 0.518. The van der Waals surface area contributed by atoms with Crippen molar-refractivity contribution in [3.63, 3.8) is 0 Å². The minimum Gasteiger partial charge on any atom is -0.497 e. The Morgan fingerprint density at radius 1 is 1.36 bits per heavy atom. The van der Waals surface area contributed by atoms with Crippen molar-refractivity contribution in [1.82, 2.24) is 14.6 Å². The topological polar surface area (TPSA) is 109 Å². The number of H-pyrrole nitrogens is 1. The van der Waals surface area contributed by atoms with E-state index in [1.165, 1.54) is 30.7 Å². The molecule has 3 rings (SSSR count). The van der Waals surface area contributed by atoms with Gasteiger partial charge in [0.1, 0.15) is 17.1 Å². The summed E-state index contributed by atoms with van der Waals surface area (Å²) in [5.41, 5.74) is 0.405. The molecule has 28 heavy (non-hydrogen) atoms. The number of benzene rings is 1. The predicted octanol–water partition coefficient (Wildman–Crippen LogP) is 1.86. The number of aromatic nitrogens is 2. The van der Waals surface area contributed by atoms with Crippen molar-refractivity contribution in [3.8, 4) is 17.4 Å². The first-order valence-electron chi connectivity index (χ1n) is 8.40. The van der Waals surface area contributed by atoms with Gasteiger partial charge in [0.05, 0.1) is 26.0 Å². The largest absolute Gasteiger partial charge is 0.497 e. The normalized spacial score (nSPS) is 16.1. The molecule has 10 heteroatoms. The molecular weight excluding hydrogens is 384 g/mol. The second kappa shape index (κ2) is 7.47. The van der Waals surface area contributed by atoms with Crippen LogP contribution in [-0.2, 0) is 11.8 Å². The van der Waals surface area contributed by atoms with Crippen LogP contribution in [0.25, 0.3) is 0 Å². The number of aromatic amines is 1. The van der Waals surface area contributed by atoms with Gasteiger partial charge < -0.3 is 14.6 Å². The van der Waals surface area contributed by atoms with Crippen molar-refractivity contribution in [2.24, 2.45) is 12.1 Å². The van der Waals surface area contributed by atoms with Gasteiger partial charge in [0.25, 0.3) is 5.56 Å². The van der Waals surface area contributed by atoms with Crippen molar-refractivity contribution in [2.75, 3.05) is 14.2 Å². The number of methoxy groups -OCH3 is 2. The van der Waals surface area contributed by atoms with E-state index in [0.29, 0.717) is 17.1 Å². The number of hydrazone groups is 1. The van der Waals surface area contributed by atoms with E-state index in [2.05, 4.69) is 10.1 Å². The van der Waals surface area contributed by atoms with E-state index >= 15 is 0 Å². The Labute approximate surface area is 165 Å². The van der Waals surface area contributed by atoms with Crippen LogP contribution in [0, 0.1) is 4.77 Å². The zero-order valence-corrected chi connectivity index (χ0v) is 16.7. The minimum atomic E-state index is -0.565. The van der Waals surface area contributed by atoms with Crippen molar-refractivity contribution in [1.29, 1.82) is 0 Å². The van der Waals surface area contributed by atoms with E-state index in [4.69, 9.17) is 21.7 Å². The van der Waals surface area contributed by atoms with Crippen LogP contribution in [0.2, 0.25) is 0 Å². The highest BCUT2D eigenvalue weighted by Gasteiger charge is 2.35. The first-order chi connectivity index (χ1) is 13.3. The fourth-order valence-corrected chi connectivity index (χ4v) is 3.34. The Bertz CT molecular complexity index is 1090. The zero-order chi connectivity index (χ0) is 20.6. The maximum atomic E-state index is 12.4. The average molecular weight is 404 g/mol. The molecule has 0 radical (unpaired) electrons. The van der Waals surface area contributed by atoms with E-state index in [9.17, 15) is 14.7 Å². The zero-order valence-electron chi connectivity index (χ0n) is 15.8. The van der Waals surface area contributed by atoms with Gasteiger partial charge in [0.15, 0.2) is 4.77 Å². The van der Waals surface area contributed by atoms with Gasteiger partial charge in [-0.1, -0.05) is 0 Å². The number of rotatable bonds is 4. The van der Waals surface area contributed by atoms with Crippen molar-refractivity contribution in [2.45, 2.75) is 19.4 Å². The Hall–Kier alpha value is -3.14. The number of carbonyl (C=O) groups excluding carboxylic acids is 1. The molecule has 148 valence electrons. The van der Waals surface area contributed by atoms with Crippen LogP contribution in [0.5, 0.6) is 17.4 Å². The summed E-state index contributed by atoms with van der Waals surface area (Å²) in [6, 6.07) is 4.75. The van der Waals surface area contributed by atoms with Crippen molar-refractivity contribution < 1.29 is 19.4 Å². The highest BCUT2D eigenvalue weighted by molar-refractivity contribution is 7.71. The van der Waals surface area contributed by atoms with E-state index in [1.54, 1.807) is 25.3 Å². The fraction of sp³-hybridized carbons (Fsp3) is 0.333. The molecule has 2 aromatic rings. The number of hydrogen-bond donors (Lipinski definition) is 2. The average Bonchev–Trinajstić information content (AvgIpc) is 3.10. The third kappa shape index (κ3) is 3.26. The van der Waals surface area contributed by atoms with Crippen LogP contribution >= 0.6 is 12.2 Å². The monoisotopic (exact) mass is 404 g/mol. The van der Waals surface area contributed by atoms with Crippen LogP contribution in [0.3, 0.4) is 0 Å². The quantitative estimate of drug-likeness (QED) is 0.753.